The summed E-state index contributed by atoms with van der Waals surface area (Å²) < 4.78 is 68.9. The molecule has 0 aliphatic carbocycles. The number of aromatic nitrogens is 2. The second-order valence-corrected chi connectivity index (χ2v) is 12.5. The van der Waals surface area contributed by atoms with Crippen molar-refractivity contribution in [1.82, 2.24) is 14.9 Å². The number of benzene rings is 2. The fraction of sp³-hybridized carbons (Fsp3) is 0.440. The van der Waals surface area contributed by atoms with Crippen molar-refractivity contribution >= 4 is 54.2 Å². The van der Waals surface area contributed by atoms with Crippen LogP contribution in [0.2, 0.25) is 5.02 Å². The Balaban J connectivity index is 0.000000400. The zero-order chi connectivity index (χ0) is 30.2. The van der Waals surface area contributed by atoms with Crippen LogP contribution in [0.4, 0.5) is 11.5 Å². The highest BCUT2D eigenvalue weighted by molar-refractivity contribution is 7.85. The van der Waals surface area contributed by atoms with E-state index in [1.807, 2.05) is 24.3 Å². The zero-order valence-electron chi connectivity index (χ0n) is 22.9. The minimum Gasteiger partial charge on any atom is -0.493 e. The van der Waals surface area contributed by atoms with Crippen molar-refractivity contribution < 1.29 is 40.2 Å². The molecule has 13 nitrogen and oxygen atoms in total. The van der Waals surface area contributed by atoms with E-state index in [1.165, 1.54) is 5.56 Å². The third-order valence-electron chi connectivity index (χ3n) is 5.87. The largest absolute Gasteiger partial charge is 0.493 e. The minimum absolute atomic E-state index is 0.581. The molecule has 5 rings (SSSR count). The fourth-order valence-corrected chi connectivity index (χ4v) is 4.39. The van der Waals surface area contributed by atoms with Crippen LogP contribution >= 0.6 is 11.6 Å². The molecule has 1 aromatic heterocycles. The summed E-state index contributed by atoms with van der Waals surface area (Å²) in [5.74, 6) is 2.22. The number of morpholine rings is 1. The molecule has 226 valence electrons. The number of hydrogen-bond donors (Lipinski definition) is 2. The van der Waals surface area contributed by atoms with Gasteiger partial charge in [-0.05, 0) is 30.2 Å². The maximum atomic E-state index is 9.19. The van der Waals surface area contributed by atoms with Gasteiger partial charge in [0, 0.05) is 48.3 Å². The molecule has 0 spiro atoms. The van der Waals surface area contributed by atoms with Crippen molar-refractivity contribution in [3.8, 4) is 11.5 Å². The second kappa shape index (κ2) is 14.4. The average molecular weight is 633 g/mol. The number of nitrogens with zero attached hydrogens (tertiary/aromatic N) is 4. The molecule has 1 fully saturated rings. The van der Waals surface area contributed by atoms with E-state index in [2.05, 4.69) is 25.8 Å². The molecule has 1 saturated heterocycles. The normalized spacial score (nSPS) is 15.3. The summed E-state index contributed by atoms with van der Waals surface area (Å²) in [5.41, 5.74) is 3.19. The Hall–Kier alpha value is -2.79. The van der Waals surface area contributed by atoms with Gasteiger partial charge in [0.05, 0.1) is 38.4 Å². The van der Waals surface area contributed by atoms with E-state index in [-0.39, 0.29) is 0 Å². The van der Waals surface area contributed by atoms with Gasteiger partial charge in [-0.1, -0.05) is 17.7 Å². The third-order valence-corrected chi connectivity index (χ3v) is 6.10. The van der Waals surface area contributed by atoms with Crippen molar-refractivity contribution in [1.29, 1.82) is 0 Å². The highest BCUT2D eigenvalue weighted by Gasteiger charge is 2.24. The monoisotopic (exact) mass is 632 g/mol. The van der Waals surface area contributed by atoms with E-state index in [9.17, 15) is 16.8 Å². The highest BCUT2D eigenvalue weighted by atomic mass is 35.5. The number of rotatable bonds is 6. The number of methoxy groups -OCH3 is 1. The molecule has 2 aliphatic rings. The standard InChI is InChI=1S/C23H25ClN4O3.2CH4O3S/c1-29-21-13-18-19(14-22(21)31-11-8-27-6-9-30-10-7-27)25-15-26-23(18)28-5-4-16-2-3-17(24)12-20(16)28;2*1-5(2,3)4/h2-3,12-15H,4-11H2,1H3;2*1H3,(H,2,3,4). The maximum absolute atomic E-state index is 9.19. The van der Waals surface area contributed by atoms with Crippen LogP contribution in [0.5, 0.6) is 11.5 Å². The molecular formula is C25H33ClN4O9S2. The summed E-state index contributed by atoms with van der Waals surface area (Å²) in [6.45, 7) is 5.73. The number of halogens is 1. The van der Waals surface area contributed by atoms with Crippen LogP contribution in [-0.4, -0.2) is 106 Å². The van der Waals surface area contributed by atoms with Crippen molar-refractivity contribution in [2.75, 3.05) is 70.5 Å². The Bertz CT molecular complexity index is 1500. The SMILES string of the molecule is COc1cc2c(N3CCc4ccc(Cl)cc43)ncnc2cc1OCCN1CCOCC1.CS(=O)(=O)O.CS(=O)(=O)O. The molecule has 2 N–H and O–H groups in total. The van der Waals surface area contributed by atoms with Crippen LogP contribution < -0.4 is 14.4 Å². The molecule has 3 aromatic rings. The van der Waals surface area contributed by atoms with Gasteiger partial charge in [0.1, 0.15) is 18.8 Å². The topological polar surface area (TPSA) is 169 Å². The molecule has 3 heterocycles. The second-order valence-electron chi connectivity index (χ2n) is 9.16. The minimum atomic E-state index is -3.67. The summed E-state index contributed by atoms with van der Waals surface area (Å²) in [4.78, 5) is 13.6. The molecular weight excluding hydrogens is 600 g/mol. The van der Waals surface area contributed by atoms with E-state index < -0.39 is 20.2 Å². The number of hydrogen-bond acceptors (Lipinski definition) is 11. The molecule has 0 atom stereocenters. The molecule has 0 radical (unpaired) electrons. The van der Waals surface area contributed by atoms with Crippen molar-refractivity contribution in [3.63, 3.8) is 0 Å². The van der Waals surface area contributed by atoms with Gasteiger partial charge in [-0.3, -0.25) is 14.0 Å². The van der Waals surface area contributed by atoms with Gasteiger partial charge in [0.15, 0.2) is 11.5 Å². The predicted octanol–water partition coefficient (Wildman–Crippen LogP) is 2.71. The fourth-order valence-electron chi connectivity index (χ4n) is 4.22. The summed E-state index contributed by atoms with van der Waals surface area (Å²) in [5, 5.41) is 1.64. The zero-order valence-corrected chi connectivity index (χ0v) is 25.2. The van der Waals surface area contributed by atoms with Gasteiger partial charge in [-0.2, -0.15) is 16.8 Å². The molecule has 0 bridgehead atoms. The maximum Gasteiger partial charge on any atom is 0.261 e. The van der Waals surface area contributed by atoms with Crippen molar-refractivity contribution in [3.05, 3.63) is 47.2 Å². The Labute approximate surface area is 244 Å². The van der Waals surface area contributed by atoms with Crippen LogP contribution in [0.3, 0.4) is 0 Å². The Morgan fingerprint density at radius 1 is 0.976 bits per heavy atom. The van der Waals surface area contributed by atoms with E-state index in [1.54, 1.807) is 13.4 Å². The van der Waals surface area contributed by atoms with Gasteiger partial charge in [-0.15, -0.1) is 0 Å². The molecule has 2 aromatic carbocycles. The van der Waals surface area contributed by atoms with Crippen molar-refractivity contribution in [2.45, 2.75) is 6.42 Å². The van der Waals surface area contributed by atoms with Gasteiger partial charge >= 0.3 is 0 Å². The van der Waals surface area contributed by atoms with Crippen LogP contribution in [-0.2, 0) is 31.4 Å². The van der Waals surface area contributed by atoms with E-state index in [0.29, 0.717) is 30.6 Å². The lowest BCUT2D eigenvalue weighted by atomic mass is 10.1. The molecule has 0 amide bonds. The predicted molar refractivity (Wildman–Crippen MR) is 156 cm³/mol. The van der Waals surface area contributed by atoms with E-state index >= 15 is 0 Å². The summed E-state index contributed by atoms with van der Waals surface area (Å²) >= 11 is 6.26. The summed E-state index contributed by atoms with van der Waals surface area (Å²) in [6.07, 6.45) is 3.99. The molecule has 0 saturated carbocycles. The van der Waals surface area contributed by atoms with Crippen molar-refractivity contribution in [2.24, 2.45) is 0 Å². The molecule has 16 heteroatoms. The number of ether oxygens (including phenoxy) is 3. The first kappa shape index (κ1) is 32.7. The lowest BCUT2D eigenvalue weighted by molar-refractivity contribution is 0.0321. The Kier molecular flexibility index (Phi) is 11.5. The Morgan fingerprint density at radius 2 is 1.63 bits per heavy atom. The van der Waals surface area contributed by atoms with E-state index in [0.717, 1.165) is 73.2 Å². The first-order chi connectivity index (χ1) is 19.2. The van der Waals surface area contributed by atoms with Crippen LogP contribution in [0, 0.1) is 0 Å². The number of anilines is 2. The van der Waals surface area contributed by atoms with E-state index in [4.69, 9.17) is 34.9 Å². The van der Waals surface area contributed by atoms with Crippen LogP contribution in [0.1, 0.15) is 5.56 Å². The van der Waals surface area contributed by atoms with Gasteiger partial charge < -0.3 is 19.1 Å². The Morgan fingerprint density at radius 3 is 2.27 bits per heavy atom. The molecule has 41 heavy (non-hydrogen) atoms. The van der Waals surface area contributed by atoms with Crippen LogP contribution in [0.25, 0.3) is 10.9 Å². The van der Waals surface area contributed by atoms with Crippen LogP contribution in [0.15, 0.2) is 36.7 Å². The molecule has 2 aliphatic heterocycles. The quantitative estimate of drug-likeness (QED) is 0.381. The summed E-state index contributed by atoms with van der Waals surface area (Å²) in [6, 6.07) is 9.93. The number of fused-ring (bicyclic) bond motifs is 2. The van der Waals surface area contributed by atoms with Gasteiger partial charge in [0.2, 0.25) is 0 Å². The third kappa shape index (κ3) is 10.8. The lowest BCUT2D eigenvalue weighted by Crippen LogP contribution is -2.38. The van der Waals surface area contributed by atoms with Gasteiger partial charge in [0.25, 0.3) is 20.2 Å². The molecule has 0 unspecified atom stereocenters. The summed E-state index contributed by atoms with van der Waals surface area (Å²) in [7, 11) is -5.68. The van der Waals surface area contributed by atoms with Gasteiger partial charge in [-0.25, -0.2) is 9.97 Å². The smallest absolute Gasteiger partial charge is 0.261 e. The first-order valence-corrected chi connectivity index (χ1v) is 16.5. The highest BCUT2D eigenvalue weighted by Crippen LogP contribution is 2.40. The lowest BCUT2D eigenvalue weighted by Gasteiger charge is -2.26. The first-order valence-electron chi connectivity index (χ1n) is 12.4. The average Bonchev–Trinajstić information content (AvgIpc) is 3.29.